The second kappa shape index (κ2) is 5.31. The molecule has 1 N–H and O–H groups in total. The Morgan fingerprint density at radius 2 is 2.25 bits per heavy atom. The minimum absolute atomic E-state index is 0.287. The molecule has 0 saturated carbocycles. The van der Waals surface area contributed by atoms with Crippen LogP contribution in [0.2, 0.25) is 0 Å². The first-order valence-corrected chi connectivity index (χ1v) is 6.93. The number of rotatable bonds is 4. The lowest BCUT2D eigenvalue weighted by atomic mass is 9.91. The third-order valence-corrected chi connectivity index (χ3v) is 4.27. The van der Waals surface area contributed by atoms with Crippen molar-refractivity contribution in [1.29, 1.82) is 0 Å². The van der Waals surface area contributed by atoms with Gasteiger partial charge >= 0.3 is 0 Å². The van der Waals surface area contributed by atoms with Crippen LogP contribution in [0.4, 0.5) is 5.82 Å². The molecule has 0 aliphatic carbocycles. The van der Waals surface area contributed by atoms with Crippen molar-refractivity contribution in [2.24, 2.45) is 0 Å². The number of aliphatic hydroxyl groups excluding tert-OH is 1. The molecule has 0 bridgehead atoms. The van der Waals surface area contributed by atoms with E-state index in [0.29, 0.717) is 22.4 Å². The zero-order valence-electron chi connectivity index (χ0n) is 11.8. The zero-order valence-corrected chi connectivity index (χ0v) is 13.4. The number of anilines is 1. The minimum Gasteiger partial charge on any atom is -0.384 e. The van der Waals surface area contributed by atoms with Crippen LogP contribution in [0.3, 0.4) is 0 Å². The average Bonchev–Trinajstić information content (AvgIpc) is 2.92. The summed E-state index contributed by atoms with van der Waals surface area (Å²) in [6, 6.07) is 1.65. The van der Waals surface area contributed by atoms with Gasteiger partial charge in [-0.3, -0.25) is 9.69 Å². The van der Waals surface area contributed by atoms with Crippen molar-refractivity contribution in [3.63, 3.8) is 0 Å². The summed E-state index contributed by atoms with van der Waals surface area (Å²) in [5.74, 6) is 0.546. The molecule has 0 aromatic carbocycles. The van der Waals surface area contributed by atoms with E-state index in [4.69, 9.17) is 9.26 Å². The van der Waals surface area contributed by atoms with E-state index in [-0.39, 0.29) is 17.1 Å². The number of hydrogen-bond donors (Lipinski definition) is 1. The Bertz CT molecular complexity index is 564. The molecule has 0 saturated heterocycles. The lowest BCUT2D eigenvalue weighted by Gasteiger charge is -2.20. The molecule has 0 spiro atoms. The molecule has 20 heavy (non-hydrogen) atoms. The SMILES string of the molecule is COCC(C)(C)c1cc(N2C(=O)C(Br)=C(C)C2O)no1. The molecule has 2 rings (SSSR count). The molecular weight excluding hydrogens is 328 g/mol. The Hall–Kier alpha value is -1.18. The third-order valence-electron chi connectivity index (χ3n) is 3.30. The Morgan fingerprint density at radius 3 is 2.75 bits per heavy atom. The van der Waals surface area contributed by atoms with Crippen molar-refractivity contribution in [3.05, 3.63) is 21.9 Å². The second-order valence-corrected chi connectivity index (χ2v) is 6.21. The molecule has 1 atom stereocenters. The number of aromatic nitrogens is 1. The van der Waals surface area contributed by atoms with Crippen LogP contribution in [0.1, 0.15) is 26.5 Å². The van der Waals surface area contributed by atoms with Crippen molar-refractivity contribution in [3.8, 4) is 0 Å². The maximum absolute atomic E-state index is 12.1. The topological polar surface area (TPSA) is 75.8 Å². The summed E-state index contributed by atoms with van der Waals surface area (Å²) in [7, 11) is 1.61. The van der Waals surface area contributed by atoms with E-state index in [9.17, 15) is 9.90 Å². The fourth-order valence-electron chi connectivity index (χ4n) is 2.05. The summed E-state index contributed by atoms with van der Waals surface area (Å²) in [6.45, 7) is 6.03. The van der Waals surface area contributed by atoms with Gasteiger partial charge in [-0.1, -0.05) is 19.0 Å². The van der Waals surface area contributed by atoms with Gasteiger partial charge in [0, 0.05) is 18.6 Å². The van der Waals surface area contributed by atoms with Crippen molar-refractivity contribution in [1.82, 2.24) is 5.16 Å². The molecule has 1 amide bonds. The van der Waals surface area contributed by atoms with Gasteiger partial charge in [0.25, 0.3) is 5.91 Å². The molecule has 1 aromatic heterocycles. The minimum atomic E-state index is -1.03. The standard InChI is InChI=1S/C13H17BrN2O4/c1-7-10(14)12(18)16(11(7)17)9-5-8(20-15-9)13(2,3)6-19-4/h5,11,17H,6H2,1-4H3. The highest BCUT2D eigenvalue weighted by Crippen LogP contribution is 2.34. The van der Waals surface area contributed by atoms with Gasteiger partial charge in [-0.15, -0.1) is 0 Å². The van der Waals surface area contributed by atoms with Gasteiger partial charge in [0.05, 0.1) is 11.1 Å². The normalized spacial score (nSPS) is 20.2. The van der Waals surface area contributed by atoms with Gasteiger partial charge in [0.2, 0.25) is 0 Å². The Morgan fingerprint density at radius 1 is 1.60 bits per heavy atom. The Kier molecular flexibility index (Phi) is 4.04. The molecule has 0 fully saturated rings. The van der Waals surface area contributed by atoms with Gasteiger partial charge in [0.1, 0.15) is 5.76 Å². The molecule has 110 valence electrons. The van der Waals surface area contributed by atoms with Crippen molar-refractivity contribution < 1.29 is 19.2 Å². The lowest BCUT2D eigenvalue weighted by Crippen LogP contribution is -2.35. The summed E-state index contributed by atoms with van der Waals surface area (Å²) in [4.78, 5) is 13.3. The van der Waals surface area contributed by atoms with Crippen LogP contribution in [0, 0.1) is 0 Å². The van der Waals surface area contributed by atoms with Gasteiger partial charge in [0.15, 0.2) is 12.0 Å². The molecule has 1 aliphatic heterocycles. The number of amides is 1. The fourth-order valence-corrected chi connectivity index (χ4v) is 2.45. The van der Waals surface area contributed by atoms with Gasteiger partial charge in [-0.05, 0) is 28.4 Å². The fraction of sp³-hybridized carbons (Fsp3) is 0.538. The predicted molar refractivity (Wildman–Crippen MR) is 76.5 cm³/mol. The van der Waals surface area contributed by atoms with Crippen LogP contribution >= 0.6 is 15.9 Å². The monoisotopic (exact) mass is 344 g/mol. The van der Waals surface area contributed by atoms with Crippen LogP contribution in [0.15, 0.2) is 20.6 Å². The molecule has 1 aliphatic rings. The Balaban J connectivity index is 2.29. The number of carbonyl (C=O) groups is 1. The summed E-state index contributed by atoms with van der Waals surface area (Å²) < 4.78 is 10.8. The number of hydrogen-bond acceptors (Lipinski definition) is 5. The molecule has 0 radical (unpaired) electrons. The van der Waals surface area contributed by atoms with E-state index < -0.39 is 6.23 Å². The van der Waals surface area contributed by atoms with E-state index in [1.807, 2.05) is 13.8 Å². The number of aliphatic hydroxyl groups is 1. The highest BCUT2D eigenvalue weighted by molar-refractivity contribution is 9.12. The quantitative estimate of drug-likeness (QED) is 0.903. The van der Waals surface area contributed by atoms with Gasteiger partial charge < -0.3 is 14.4 Å². The molecular formula is C13H17BrN2O4. The lowest BCUT2D eigenvalue weighted by molar-refractivity contribution is -0.114. The van der Waals surface area contributed by atoms with Crippen LogP contribution in [0.25, 0.3) is 0 Å². The smallest absolute Gasteiger partial charge is 0.269 e. The molecule has 1 aromatic rings. The number of ether oxygens (including phenoxy) is 1. The highest BCUT2D eigenvalue weighted by atomic mass is 79.9. The van der Waals surface area contributed by atoms with E-state index in [1.165, 1.54) is 4.90 Å². The van der Waals surface area contributed by atoms with Crippen LogP contribution in [-0.4, -0.2) is 36.1 Å². The Labute approximate surface area is 125 Å². The molecule has 6 nitrogen and oxygen atoms in total. The first-order valence-electron chi connectivity index (χ1n) is 6.13. The van der Waals surface area contributed by atoms with Gasteiger partial charge in [-0.2, -0.15) is 0 Å². The zero-order chi connectivity index (χ0) is 15.1. The van der Waals surface area contributed by atoms with Crippen LogP contribution < -0.4 is 4.90 Å². The largest absolute Gasteiger partial charge is 0.384 e. The molecule has 2 heterocycles. The number of methoxy groups -OCH3 is 1. The summed E-state index contributed by atoms with van der Waals surface area (Å²) in [5, 5.41) is 14.0. The highest BCUT2D eigenvalue weighted by Gasteiger charge is 2.38. The number of carbonyl (C=O) groups excluding carboxylic acids is 1. The van der Waals surface area contributed by atoms with E-state index in [1.54, 1.807) is 20.1 Å². The first kappa shape index (κ1) is 15.2. The van der Waals surface area contributed by atoms with Crippen LogP contribution in [0.5, 0.6) is 0 Å². The third kappa shape index (κ3) is 2.41. The maximum atomic E-state index is 12.1. The maximum Gasteiger partial charge on any atom is 0.269 e. The van der Waals surface area contributed by atoms with E-state index in [2.05, 4.69) is 21.1 Å². The summed E-state index contributed by atoms with van der Waals surface area (Å²) >= 11 is 3.17. The summed E-state index contributed by atoms with van der Waals surface area (Å²) in [6.07, 6.45) is -1.03. The van der Waals surface area contributed by atoms with Crippen molar-refractivity contribution >= 4 is 27.7 Å². The number of halogens is 1. The van der Waals surface area contributed by atoms with Gasteiger partial charge in [-0.25, -0.2) is 0 Å². The second-order valence-electron chi connectivity index (χ2n) is 5.41. The van der Waals surface area contributed by atoms with Crippen molar-refractivity contribution in [2.45, 2.75) is 32.4 Å². The van der Waals surface area contributed by atoms with E-state index >= 15 is 0 Å². The van der Waals surface area contributed by atoms with Crippen molar-refractivity contribution in [2.75, 3.05) is 18.6 Å². The predicted octanol–water partition coefficient (Wildman–Crippen LogP) is 1.93. The average molecular weight is 345 g/mol. The molecule has 1 unspecified atom stereocenters. The number of nitrogens with zero attached hydrogens (tertiary/aromatic N) is 2. The van der Waals surface area contributed by atoms with Crippen LogP contribution in [-0.2, 0) is 14.9 Å². The first-order chi connectivity index (χ1) is 9.29. The summed E-state index contributed by atoms with van der Waals surface area (Å²) in [5.41, 5.74) is 0.184. The molecule has 7 heteroatoms. The van der Waals surface area contributed by atoms with E-state index in [0.717, 1.165) is 0 Å².